The van der Waals surface area contributed by atoms with Crippen molar-refractivity contribution < 1.29 is 4.79 Å². The van der Waals surface area contributed by atoms with Crippen LogP contribution in [0.5, 0.6) is 0 Å². The average Bonchev–Trinajstić information content (AvgIpc) is 2.69. The maximum absolute atomic E-state index is 12.4. The van der Waals surface area contributed by atoms with Gasteiger partial charge in [-0.05, 0) is 31.4 Å². The summed E-state index contributed by atoms with van der Waals surface area (Å²) in [6, 6.07) is 8.94. The third kappa shape index (κ3) is 2.70. The molecule has 2 saturated heterocycles. The molecule has 110 valence electrons. The molecule has 1 N–H and O–H groups in total. The minimum atomic E-state index is 0. The first-order chi connectivity index (χ1) is 9.16. The molecule has 2 unspecified atom stereocenters. The van der Waals surface area contributed by atoms with Gasteiger partial charge in [-0.15, -0.1) is 12.4 Å². The van der Waals surface area contributed by atoms with E-state index in [2.05, 4.69) is 48.3 Å². The Morgan fingerprint density at radius 3 is 2.60 bits per heavy atom. The molecule has 0 radical (unpaired) electrons. The average molecular weight is 295 g/mol. The van der Waals surface area contributed by atoms with Crippen LogP contribution in [-0.4, -0.2) is 36.5 Å². The van der Waals surface area contributed by atoms with E-state index in [1.54, 1.807) is 0 Å². The Bertz CT molecular complexity index is 487. The minimum Gasteiger partial charge on any atom is -0.339 e. The normalized spacial score (nSPS) is 26.0. The van der Waals surface area contributed by atoms with Crippen molar-refractivity contribution in [1.29, 1.82) is 0 Å². The molecular formula is C16H23ClN2O. The molecule has 20 heavy (non-hydrogen) atoms. The molecular weight excluding hydrogens is 272 g/mol. The molecule has 2 heterocycles. The molecule has 2 atom stereocenters. The number of carbonyl (C=O) groups is 1. The van der Waals surface area contributed by atoms with E-state index in [0.717, 1.165) is 26.1 Å². The predicted octanol–water partition coefficient (Wildman–Crippen LogP) is 2.34. The van der Waals surface area contributed by atoms with Gasteiger partial charge in [0.25, 0.3) is 0 Å². The molecule has 0 spiro atoms. The summed E-state index contributed by atoms with van der Waals surface area (Å²) in [5, 5.41) is 3.18. The van der Waals surface area contributed by atoms with Crippen molar-refractivity contribution in [3.63, 3.8) is 0 Å². The van der Waals surface area contributed by atoms with Crippen molar-refractivity contribution in [3.8, 4) is 0 Å². The molecule has 2 aliphatic heterocycles. The molecule has 2 fully saturated rings. The van der Waals surface area contributed by atoms with E-state index in [-0.39, 0.29) is 18.3 Å². The number of amides is 1. The van der Waals surface area contributed by atoms with Gasteiger partial charge in [0.15, 0.2) is 0 Å². The monoisotopic (exact) mass is 294 g/mol. The molecule has 3 rings (SSSR count). The van der Waals surface area contributed by atoms with Crippen LogP contribution in [0.4, 0.5) is 0 Å². The summed E-state index contributed by atoms with van der Waals surface area (Å²) < 4.78 is 0. The first-order valence-corrected chi connectivity index (χ1v) is 7.23. The van der Waals surface area contributed by atoms with E-state index in [0.29, 0.717) is 17.9 Å². The van der Waals surface area contributed by atoms with E-state index in [1.165, 1.54) is 11.1 Å². The summed E-state index contributed by atoms with van der Waals surface area (Å²) in [6.07, 6.45) is 1.09. The lowest BCUT2D eigenvalue weighted by molar-refractivity contribution is -0.137. The summed E-state index contributed by atoms with van der Waals surface area (Å²) in [6.45, 7) is 6.96. The van der Waals surface area contributed by atoms with Gasteiger partial charge in [-0.3, -0.25) is 4.79 Å². The molecule has 0 aliphatic carbocycles. The van der Waals surface area contributed by atoms with Gasteiger partial charge in [0.2, 0.25) is 5.91 Å². The number of rotatable bonds is 2. The molecule has 4 heteroatoms. The Morgan fingerprint density at radius 2 is 2.00 bits per heavy atom. The highest BCUT2D eigenvalue weighted by atomic mass is 35.5. The zero-order valence-electron chi connectivity index (χ0n) is 12.1. The third-order valence-corrected chi connectivity index (χ3v) is 4.62. The Kier molecular flexibility index (Phi) is 4.71. The summed E-state index contributed by atoms with van der Waals surface area (Å²) in [5.41, 5.74) is 2.76. The number of nitrogens with zero attached hydrogens (tertiary/aromatic N) is 1. The van der Waals surface area contributed by atoms with Crippen molar-refractivity contribution in [3.05, 3.63) is 35.4 Å². The predicted molar refractivity (Wildman–Crippen MR) is 83.3 cm³/mol. The maximum Gasteiger partial charge on any atom is 0.228 e. The van der Waals surface area contributed by atoms with Crippen molar-refractivity contribution >= 4 is 18.3 Å². The maximum atomic E-state index is 12.4. The van der Waals surface area contributed by atoms with Gasteiger partial charge in [0.1, 0.15) is 0 Å². The van der Waals surface area contributed by atoms with Crippen molar-refractivity contribution in [2.45, 2.75) is 32.2 Å². The smallest absolute Gasteiger partial charge is 0.228 e. The molecule has 0 aromatic heterocycles. The summed E-state index contributed by atoms with van der Waals surface area (Å²) in [4.78, 5) is 14.5. The number of halogens is 1. The van der Waals surface area contributed by atoms with Crippen LogP contribution in [0.3, 0.4) is 0 Å². The lowest BCUT2D eigenvalue weighted by atomic mass is 9.93. The van der Waals surface area contributed by atoms with Gasteiger partial charge in [-0.2, -0.15) is 0 Å². The summed E-state index contributed by atoms with van der Waals surface area (Å²) in [7, 11) is 0. The molecule has 2 aliphatic rings. The van der Waals surface area contributed by atoms with E-state index >= 15 is 0 Å². The fraction of sp³-hybridized carbons (Fsp3) is 0.562. The Hall–Kier alpha value is -1.06. The molecule has 1 aromatic carbocycles. The van der Waals surface area contributed by atoms with Crippen LogP contribution in [-0.2, 0) is 4.79 Å². The highest BCUT2D eigenvalue weighted by Crippen LogP contribution is 2.34. The summed E-state index contributed by atoms with van der Waals surface area (Å²) in [5.74, 6) is 1.08. The van der Waals surface area contributed by atoms with E-state index in [1.807, 2.05) is 0 Å². The number of nitrogens with one attached hydrogen (secondary N) is 1. The minimum absolute atomic E-state index is 0. The van der Waals surface area contributed by atoms with Gasteiger partial charge < -0.3 is 10.2 Å². The van der Waals surface area contributed by atoms with Crippen LogP contribution >= 0.6 is 12.4 Å². The second-order valence-electron chi connectivity index (χ2n) is 5.98. The molecule has 1 amide bonds. The number of likely N-dealkylation sites (tertiary alicyclic amines) is 1. The van der Waals surface area contributed by atoms with Crippen LogP contribution in [0, 0.1) is 12.8 Å². The number of carbonyl (C=O) groups excluding carboxylic acids is 1. The number of benzene rings is 1. The largest absolute Gasteiger partial charge is 0.339 e. The van der Waals surface area contributed by atoms with Gasteiger partial charge >= 0.3 is 0 Å². The first kappa shape index (κ1) is 15.3. The number of hydrogen-bond donors (Lipinski definition) is 1. The van der Waals surface area contributed by atoms with Crippen LogP contribution in [0.1, 0.15) is 30.4 Å². The molecule has 0 bridgehead atoms. The fourth-order valence-electron chi connectivity index (χ4n) is 3.31. The molecule has 1 aromatic rings. The fourth-order valence-corrected chi connectivity index (χ4v) is 3.31. The summed E-state index contributed by atoms with van der Waals surface area (Å²) >= 11 is 0. The van der Waals surface area contributed by atoms with Crippen molar-refractivity contribution in [2.24, 2.45) is 5.92 Å². The first-order valence-electron chi connectivity index (χ1n) is 7.23. The van der Waals surface area contributed by atoms with Crippen molar-refractivity contribution in [2.75, 3.05) is 19.6 Å². The standard InChI is InChI=1S/C16H22N2O.ClH/c1-11-5-3-4-6-15(11)13-7-12(2)18(10-13)16(19)14-8-17-9-14;/h3-6,12-14,17H,7-10H2,1-2H3;1H. The van der Waals surface area contributed by atoms with E-state index in [4.69, 9.17) is 0 Å². The number of hydrogen-bond acceptors (Lipinski definition) is 2. The number of aryl methyl sites for hydroxylation is 1. The second-order valence-corrected chi connectivity index (χ2v) is 5.98. The van der Waals surface area contributed by atoms with Gasteiger partial charge in [-0.1, -0.05) is 24.3 Å². The quantitative estimate of drug-likeness (QED) is 0.908. The van der Waals surface area contributed by atoms with Crippen LogP contribution < -0.4 is 5.32 Å². The SMILES string of the molecule is Cc1ccccc1C1CC(C)N(C(=O)C2CNC2)C1.Cl. The Balaban J connectivity index is 0.00000147. The van der Waals surface area contributed by atoms with Crippen LogP contribution in [0.2, 0.25) is 0 Å². The van der Waals surface area contributed by atoms with Gasteiger partial charge in [-0.25, -0.2) is 0 Å². The Labute approximate surface area is 127 Å². The Morgan fingerprint density at radius 1 is 1.30 bits per heavy atom. The topological polar surface area (TPSA) is 32.3 Å². The van der Waals surface area contributed by atoms with Crippen molar-refractivity contribution in [1.82, 2.24) is 10.2 Å². The van der Waals surface area contributed by atoms with E-state index < -0.39 is 0 Å². The zero-order valence-corrected chi connectivity index (χ0v) is 13.0. The second kappa shape index (κ2) is 6.15. The zero-order chi connectivity index (χ0) is 13.4. The van der Waals surface area contributed by atoms with Crippen LogP contribution in [0.15, 0.2) is 24.3 Å². The molecule has 3 nitrogen and oxygen atoms in total. The van der Waals surface area contributed by atoms with Crippen LogP contribution in [0.25, 0.3) is 0 Å². The van der Waals surface area contributed by atoms with E-state index in [9.17, 15) is 4.79 Å². The van der Waals surface area contributed by atoms with Gasteiger partial charge in [0, 0.05) is 31.6 Å². The van der Waals surface area contributed by atoms with Gasteiger partial charge in [0.05, 0.1) is 5.92 Å². The third-order valence-electron chi connectivity index (χ3n) is 4.62. The lowest BCUT2D eigenvalue weighted by Gasteiger charge is -2.32. The molecule has 0 saturated carbocycles. The lowest BCUT2D eigenvalue weighted by Crippen LogP contribution is -2.52. The highest BCUT2D eigenvalue weighted by molar-refractivity contribution is 5.85. The highest BCUT2D eigenvalue weighted by Gasteiger charge is 2.38.